The minimum Gasteiger partial charge on any atom is -0.495 e. The number of rotatable bonds is 6. The second-order valence-corrected chi connectivity index (χ2v) is 7.81. The van der Waals surface area contributed by atoms with Gasteiger partial charge in [0.15, 0.2) is 0 Å². The lowest BCUT2D eigenvalue weighted by Gasteiger charge is -2.32. The molecule has 1 aliphatic rings. The van der Waals surface area contributed by atoms with E-state index in [0.717, 1.165) is 17.1 Å². The van der Waals surface area contributed by atoms with Crippen molar-refractivity contribution in [2.24, 2.45) is 0 Å². The van der Waals surface area contributed by atoms with E-state index < -0.39 is 5.25 Å². The number of aryl methyl sites for hydroxylation is 1. The number of hydrogen-bond acceptors (Lipinski definition) is 7. The van der Waals surface area contributed by atoms with Gasteiger partial charge in [0.2, 0.25) is 11.1 Å². The summed E-state index contributed by atoms with van der Waals surface area (Å²) in [5.74, 6) is 1.98. The van der Waals surface area contributed by atoms with Crippen molar-refractivity contribution in [2.45, 2.75) is 30.3 Å². The predicted octanol–water partition coefficient (Wildman–Crippen LogP) is 3.39. The summed E-state index contributed by atoms with van der Waals surface area (Å²) in [6.07, 6.45) is 0. The van der Waals surface area contributed by atoms with Crippen LogP contribution >= 0.6 is 11.8 Å². The van der Waals surface area contributed by atoms with Gasteiger partial charge in [-0.25, -0.2) is 4.68 Å². The molecule has 0 saturated carbocycles. The van der Waals surface area contributed by atoms with E-state index in [4.69, 9.17) is 9.47 Å². The summed E-state index contributed by atoms with van der Waals surface area (Å²) in [4.78, 5) is 13.3. The van der Waals surface area contributed by atoms with E-state index in [0.29, 0.717) is 23.2 Å². The Hall–Kier alpha value is -3.20. The molecule has 156 valence electrons. The van der Waals surface area contributed by atoms with Crippen molar-refractivity contribution < 1.29 is 14.3 Å². The fraction of sp³-hybridized carbons (Fsp3) is 0.286. The lowest BCUT2D eigenvalue weighted by Crippen LogP contribution is -2.41. The Bertz CT molecular complexity index is 1040. The molecule has 0 aliphatic carbocycles. The maximum absolute atomic E-state index is 13.3. The average Bonchev–Trinajstić information content (AvgIpc) is 3.14. The second kappa shape index (κ2) is 8.66. The molecule has 0 spiro atoms. The third-order valence-electron chi connectivity index (χ3n) is 4.77. The number of amides is 1. The van der Waals surface area contributed by atoms with Crippen LogP contribution in [0, 0.1) is 6.92 Å². The van der Waals surface area contributed by atoms with Gasteiger partial charge in [-0.05, 0) is 43.7 Å². The third kappa shape index (κ3) is 3.93. The zero-order valence-electron chi connectivity index (χ0n) is 17.0. The first-order valence-corrected chi connectivity index (χ1v) is 10.5. The van der Waals surface area contributed by atoms with Crippen LogP contribution in [0.2, 0.25) is 0 Å². The van der Waals surface area contributed by atoms with Crippen molar-refractivity contribution >= 4 is 23.4 Å². The number of fused-ring (bicyclic) bond motifs is 1. The number of aromatic nitrogens is 3. The number of methoxy groups -OCH3 is 1. The average molecular weight is 426 g/mol. The van der Waals surface area contributed by atoms with Gasteiger partial charge in [0, 0.05) is 0 Å². The van der Waals surface area contributed by atoms with Crippen LogP contribution in [-0.4, -0.2) is 39.7 Å². The van der Waals surface area contributed by atoms with Crippen LogP contribution in [0.3, 0.4) is 0 Å². The van der Waals surface area contributed by atoms with Gasteiger partial charge in [0.05, 0.1) is 25.4 Å². The van der Waals surface area contributed by atoms with Crippen molar-refractivity contribution in [2.75, 3.05) is 24.5 Å². The highest BCUT2D eigenvalue weighted by Gasteiger charge is 2.37. The first-order chi connectivity index (χ1) is 14.6. The number of nitrogens with zero attached hydrogens (tertiary/aromatic N) is 3. The topological polar surface area (TPSA) is 90.3 Å². The molecule has 4 rings (SSSR count). The zero-order valence-corrected chi connectivity index (χ0v) is 17.8. The fourth-order valence-electron chi connectivity index (χ4n) is 3.30. The van der Waals surface area contributed by atoms with E-state index in [1.165, 1.54) is 11.8 Å². The summed E-state index contributed by atoms with van der Waals surface area (Å²) >= 11 is 1.38. The van der Waals surface area contributed by atoms with Gasteiger partial charge in [0.1, 0.15) is 22.6 Å². The maximum Gasteiger partial charge on any atom is 0.240 e. The van der Waals surface area contributed by atoms with Gasteiger partial charge in [-0.1, -0.05) is 36.0 Å². The highest BCUT2D eigenvalue weighted by Crippen LogP contribution is 2.38. The molecule has 1 amide bonds. The molecule has 2 N–H and O–H groups in total. The summed E-state index contributed by atoms with van der Waals surface area (Å²) in [5, 5.41) is 11.5. The number of ether oxygens (including phenoxy) is 2. The summed E-state index contributed by atoms with van der Waals surface area (Å²) in [6.45, 7) is 4.42. The molecule has 2 aromatic carbocycles. The standard InChI is InChI=1S/C21H23N5O3S/c1-4-29-15-11-9-14(10-12-15)18-19(30-21-24-23-13(2)26(21)25-18)20(27)22-16-7-5-6-8-17(16)28-3/h5-12,18-19,25H,4H2,1-3H3,(H,22,27)/t18-,19-/m0/s1. The highest BCUT2D eigenvalue weighted by molar-refractivity contribution is 8.00. The minimum atomic E-state index is -0.469. The normalized spacial score (nSPS) is 17.6. The molecule has 8 nitrogen and oxygen atoms in total. The third-order valence-corrected chi connectivity index (χ3v) is 5.99. The van der Waals surface area contributed by atoms with Gasteiger partial charge in [-0.2, -0.15) is 0 Å². The Morgan fingerprint density at radius 3 is 2.70 bits per heavy atom. The molecular formula is C21H23N5O3S. The van der Waals surface area contributed by atoms with Gasteiger partial charge in [-0.15, -0.1) is 10.2 Å². The first-order valence-electron chi connectivity index (χ1n) is 9.62. The van der Waals surface area contributed by atoms with Crippen molar-refractivity contribution in [3.8, 4) is 11.5 Å². The summed E-state index contributed by atoms with van der Waals surface area (Å²) in [7, 11) is 1.58. The van der Waals surface area contributed by atoms with Crippen LogP contribution in [0.1, 0.15) is 24.4 Å². The summed E-state index contributed by atoms with van der Waals surface area (Å²) < 4.78 is 12.7. The fourth-order valence-corrected chi connectivity index (χ4v) is 4.43. The van der Waals surface area contributed by atoms with E-state index in [9.17, 15) is 4.79 Å². The Morgan fingerprint density at radius 2 is 1.97 bits per heavy atom. The minimum absolute atomic E-state index is 0.150. The van der Waals surface area contributed by atoms with Gasteiger partial charge in [0.25, 0.3) is 0 Å². The number of thioether (sulfide) groups is 1. The molecule has 9 heteroatoms. The van der Waals surface area contributed by atoms with Crippen LogP contribution in [0.4, 0.5) is 5.69 Å². The zero-order chi connectivity index (χ0) is 21.1. The van der Waals surface area contributed by atoms with E-state index in [1.807, 2.05) is 67.1 Å². The Labute approximate surface area is 179 Å². The number of nitrogens with one attached hydrogen (secondary N) is 2. The van der Waals surface area contributed by atoms with Gasteiger partial charge < -0.3 is 20.2 Å². The molecule has 0 unspecified atom stereocenters. The largest absolute Gasteiger partial charge is 0.495 e. The highest BCUT2D eigenvalue weighted by atomic mass is 32.2. The lowest BCUT2D eigenvalue weighted by molar-refractivity contribution is -0.116. The van der Waals surface area contributed by atoms with Crippen LogP contribution in [0.25, 0.3) is 0 Å². The van der Waals surface area contributed by atoms with Crippen molar-refractivity contribution in [1.29, 1.82) is 0 Å². The molecule has 2 atom stereocenters. The van der Waals surface area contributed by atoms with Crippen LogP contribution < -0.4 is 20.2 Å². The molecule has 3 aromatic rings. The smallest absolute Gasteiger partial charge is 0.240 e. The van der Waals surface area contributed by atoms with Crippen molar-refractivity contribution in [1.82, 2.24) is 14.9 Å². The van der Waals surface area contributed by atoms with Crippen LogP contribution in [0.5, 0.6) is 11.5 Å². The molecule has 1 aromatic heterocycles. The molecule has 0 fully saturated rings. The molecule has 2 heterocycles. The monoisotopic (exact) mass is 425 g/mol. The quantitative estimate of drug-likeness (QED) is 0.626. The summed E-state index contributed by atoms with van der Waals surface area (Å²) in [5.41, 5.74) is 4.98. The van der Waals surface area contributed by atoms with E-state index in [1.54, 1.807) is 7.11 Å². The van der Waals surface area contributed by atoms with Crippen LogP contribution in [0.15, 0.2) is 53.7 Å². The maximum atomic E-state index is 13.3. The molecular weight excluding hydrogens is 402 g/mol. The number of para-hydroxylation sites is 2. The molecule has 1 aliphatic heterocycles. The number of carbonyl (C=O) groups excluding carboxylic acids is 1. The van der Waals surface area contributed by atoms with Crippen molar-refractivity contribution in [3.05, 3.63) is 59.9 Å². The predicted molar refractivity (Wildman–Crippen MR) is 116 cm³/mol. The Kier molecular flexibility index (Phi) is 5.80. The lowest BCUT2D eigenvalue weighted by atomic mass is 10.0. The van der Waals surface area contributed by atoms with E-state index in [2.05, 4.69) is 20.9 Å². The summed E-state index contributed by atoms with van der Waals surface area (Å²) in [6, 6.07) is 14.8. The first kappa shape index (κ1) is 20.1. The van der Waals surface area contributed by atoms with Crippen LogP contribution in [-0.2, 0) is 4.79 Å². The molecule has 0 radical (unpaired) electrons. The molecule has 30 heavy (non-hydrogen) atoms. The second-order valence-electron chi connectivity index (χ2n) is 6.70. The number of anilines is 1. The Balaban J connectivity index is 1.65. The van der Waals surface area contributed by atoms with E-state index in [-0.39, 0.29) is 11.9 Å². The molecule has 0 bridgehead atoms. The SMILES string of the molecule is CCOc1ccc([C@@H]2Nn3c(C)nnc3S[C@@H]2C(=O)Nc2ccccc2OC)cc1. The van der Waals surface area contributed by atoms with Gasteiger partial charge >= 0.3 is 0 Å². The number of hydrogen-bond donors (Lipinski definition) is 2. The Morgan fingerprint density at radius 1 is 1.20 bits per heavy atom. The van der Waals surface area contributed by atoms with Crippen molar-refractivity contribution in [3.63, 3.8) is 0 Å². The molecule has 0 saturated heterocycles. The van der Waals surface area contributed by atoms with E-state index >= 15 is 0 Å². The number of benzene rings is 2. The number of carbonyl (C=O) groups is 1. The van der Waals surface area contributed by atoms with Gasteiger partial charge in [-0.3, -0.25) is 4.79 Å².